The van der Waals surface area contributed by atoms with Gasteiger partial charge >= 0.3 is 0 Å². The van der Waals surface area contributed by atoms with Crippen molar-refractivity contribution in [3.05, 3.63) is 0 Å². The normalized spacial score (nSPS) is 54.7. The first-order chi connectivity index (χ1) is 6.30. The van der Waals surface area contributed by atoms with Crippen LogP contribution in [0.15, 0.2) is 0 Å². The molecule has 1 aliphatic carbocycles. The maximum absolute atomic E-state index is 9.54. The quantitative estimate of drug-likeness (QED) is 0.602. The number of fused-ring (bicyclic) bond motifs is 2. The highest BCUT2D eigenvalue weighted by atomic mass is 16.6. The third kappa shape index (κ3) is 1.07. The monoisotopic (exact) mass is 184 g/mol. The van der Waals surface area contributed by atoms with E-state index in [4.69, 9.17) is 9.47 Å². The second-order valence-electron chi connectivity index (χ2n) is 4.60. The van der Waals surface area contributed by atoms with Crippen LogP contribution >= 0.6 is 0 Å². The van der Waals surface area contributed by atoms with Crippen molar-refractivity contribution in [2.24, 2.45) is 5.92 Å². The summed E-state index contributed by atoms with van der Waals surface area (Å²) in [6, 6.07) is 0. The smallest absolute Gasteiger partial charge is 0.0969 e. The predicted molar refractivity (Wildman–Crippen MR) is 46.4 cm³/mol. The van der Waals surface area contributed by atoms with Gasteiger partial charge in [-0.25, -0.2) is 0 Å². The fourth-order valence-electron chi connectivity index (χ4n) is 3.19. The Morgan fingerprint density at radius 2 is 2.23 bits per heavy atom. The molecule has 0 amide bonds. The number of rotatable bonds is 0. The second kappa shape index (κ2) is 2.69. The molecule has 74 valence electrons. The zero-order chi connectivity index (χ0) is 8.89. The molecule has 0 unspecified atom stereocenters. The molecule has 3 aliphatic rings. The molecular formula is C10H16O3. The number of ether oxygens (including phenoxy) is 2. The van der Waals surface area contributed by atoms with Crippen molar-refractivity contribution in [1.82, 2.24) is 0 Å². The molecule has 3 heteroatoms. The summed E-state index contributed by atoms with van der Waals surface area (Å²) in [5, 5.41) is 9.54. The summed E-state index contributed by atoms with van der Waals surface area (Å²) in [7, 11) is 0. The van der Waals surface area contributed by atoms with Gasteiger partial charge < -0.3 is 14.6 Å². The molecular weight excluding hydrogens is 168 g/mol. The van der Waals surface area contributed by atoms with E-state index < -0.39 is 0 Å². The summed E-state index contributed by atoms with van der Waals surface area (Å²) in [6.07, 6.45) is 4.09. The molecule has 3 fully saturated rings. The topological polar surface area (TPSA) is 38.7 Å². The molecule has 13 heavy (non-hydrogen) atoms. The van der Waals surface area contributed by atoms with Crippen LogP contribution in [0.3, 0.4) is 0 Å². The summed E-state index contributed by atoms with van der Waals surface area (Å²) in [5.74, 6) is 0.463. The molecule has 3 nitrogen and oxygen atoms in total. The maximum Gasteiger partial charge on any atom is 0.0969 e. The molecule has 0 radical (unpaired) electrons. The zero-order valence-corrected chi connectivity index (χ0v) is 7.74. The lowest BCUT2D eigenvalue weighted by Crippen LogP contribution is -2.36. The predicted octanol–water partition coefficient (Wildman–Crippen LogP) is 0.705. The number of aliphatic hydroxyl groups excluding tert-OH is 1. The van der Waals surface area contributed by atoms with E-state index in [1.807, 2.05) is 0 Å². The van der Waals surface area contributed by atoms with E-state index in [-0.39, 0.29) is 17.8 Å². The summed E-state index contributed by atoms with van der Waals surface area (Å²) < 4.78 is 11.5. The average molecular weight is 184 g/mol. The van der Waals surface area contributed by atoms with Crippen molar-refractivity contribution in [3.63, 3.8) is 0 Å². The highest BCUT2D eigenvalue weighted by molar-refractivity contribution is 5.04. The Morgan fingerprint density at radius 1 is 1.31 bits per heavy atom. The maximum atomic E-state index is 9.54. The standard InChI is InChI=1S/C10H16O3/c11-7-4-8-9(5-7)12-6-10(8)2-1-3-13-10/h7-9,11H,1-6H2/t7-,8+,9-,10-/m1/s1. The summed E-state index contributed by atoms with van der Waals surface area (Å²) in [5.41, 5.74) is -0.0118. The van der Waals surface area contributed by atoms with E-state index in [1.165, 1.54) is 0 Å². The van der Waals surface area contributed by atoms with Gasteiger partial charge in [0.1, 0.15) is 0 Å². The molecule has 1 N–H and O–H groups in total. The summed E-state index contributed by atoms with van der Waals surface area (Å²) >= 11 is 0. The van der Waals surface area contributed by atoms with Crippen LogP contribution in [-0.2, 0) is 9.47 Å². The van der Waals surface area contributed by atoms with Gasteiger partial charge in [-0.1, -0.05) is 0 Å². The van der Waals surface area contributed by atoms with Crippen molar-refractivity contribution in [3.8, 4) is 0 Å². The van der Waals surface area contributed by atoms with Crippen molar-refractivity contribution in [2.45, 2.75) is 43.5 Å². The minimum atomic E-state index is -0.156. The van der Waals surface area contributed by atoms with E-state index in [2.05, 4.69) is 0 Å². The van der Waals surface area contributed by atoms with Crippen molar-refractivity contribution >= 4 is 0 Å². The van der Waals surface area contributed by atoms with Crippen LogP contribution in [0.25, 0.3) is 0 Å². The minimum absolute atomic E-state index is 0.0118. The first kappa shape index (κ1) is 8.21. The van der Waals surface area contributed by atoms with Gasteiger partial charge in [0.05, 0.1) is 24.4 Å². The van der Waals surface area contributed by atoms with Crippen molar-refractivity contribution < 1.29 is 14.6 Å². The van der Waals surface area contributed by atoms with Crippen LogP contribution in [0, 0.1) is 5.92 Å². The number of hydrogen-bond acceptors (Lipinski definition) is 3. The third-order valence-electron chi connectivity index (χ3n) is 3.83. The lowest BCUT2D eigenvalue weighted by atomic mass is 9.85. The van der Waals surface area contributed by atoms with Gasteiger partial charge in [-0.15, -0.1) is 0 Å². The molecule has 4 atom stereocenters. The van der Waals surface area contributed by atoms with E-state index in [1.54, 1.807) is 0 Å². The largest absolute Gasteiger partial charge is 0.393 e. The summed E-state index contributed by atoms with van der Waals surface area (Å²) in [4.78, 5) is 0. The van der Waals surface area contributed by atoms with E-state index in [0.717, 1.165) is 38.9 Å². The Balaban J connectivity index is 1.84. The molecule has 0 aromatic heterocycles. The van der Waals surface area contributed by atoms with E-state index in [9.17, 15) is 5.11 Å². The fraction of sp³-hybridized carbons (Fsp3) is 1.00. The van der Waals surface area contributed by atoms with Crippen LogP contribution in [0.4, 0.5) is 0 Å². The molecule has 1 spiro atoms. The van der Waals surface area contributed by atoms with Crippen LogP contribution in [0.2, 0.25) is 0 Å². The Bertz CT molecular complexity index is 210. The lowest BCUT2D eigenvalue weighted by Gasteiger charge is -2.27. The Kier molecular flexibility index (Phi) is 1.70. The van der Waals surface area contributed by atoms with E-state index in [0.29, 0.717) is 5.92 Å². The molecule has 3 rings (SSSR count). The molecule has 0 aromatic rings. The first-order valence-electron chi connectivity index (χ1n) is 5.24. The van der Waals surface area contributed by atoms with Gasteiger partial charge in [0.25, 0.3) is 0 Å². The van der Waals surface area contributed by atoms with Crippen LogP contribution in [-0.4, -0.2) is 36.1 Å². The summed E-state index contributed by atoms with van der Waals surface area (Å²) in [6.45, 7) is 1.64. The molecule has 2 heterocycles. The average Bonchev–Trinajstić information content (AvgIpc) is 2.73. The van der Waals surface area contributed by atoms with Gasteiger partial charge in [0, 0.05) is 12.5 Å². The molecule has 1 saturated carbocycles. The molecule has 2 aliphatic heterocycles. The van der Waals surface area contributed by atoms with Gasteiger partial charge in [-0.2, -0.15) is 0 Å². The van der Waals surface area contributed by atoms with Crippen LogP contribution in [0.5, 0.6) is 0 Å². The molecule has 0 bridgehead atoms. The van der Waals surface area contributed by atoms with Gasteiger partial charge in [-0.05, 0) is 25.7 Å². The van der Waals surface area contributed by atoms with Crippen molar-refractivity contribution in [2.75, 3.05) is 13.2 Å². The van der Waals surface area contributed by atoms with Crippen LogP contribution in [0.1, 0.15) is 25.7 Å². The Labute approximate surface area is 78.0 Å². The number of hydrogen-bond donors (Lipinski definition) is 1. The lowest BCUT2D eigenvalue weighted by molar-refractivity contribution is -0.0357. The zero-order valence-electron chi connectivity index (χ0n) is 7.74. The van der Waals surface area contributed by atoms with Gasteiger partial charge in [0.2, 0.25) is 0 Å². The van der Waals surface area contributed by atoms with Gasteiger partial charge in [-0.3, -0.25) is 0 Å². The molecule has 2 saturated heterocycles. The Hall–Kier alpha value is -0.120. The molecule has 0 aromatic carbocycles. The second-order valence-corrected chi connectivity index (χ2v) is 4.60. The van der Waals surface area contributed by atoms with Gasteiger partial charge in [0.15, 0.2) is 0 Å². The highest BCUT2D eigenvalue weighted by Gasteiger charge is 2.55. The SMILES string of the molecule is O[C@H]1C[C@H]2OC[C@]3(CCCO3)[C@H]2C1. The highest BCUT2D eigenvalue weighted by Crippen LogP contribution is 2.48. The first-order valence-corrected chi connectivity index (χ1v) is 5.24. The third-order valence-corrected chi connectivity index (χ3v) is 3.83. The number of aliphatic hydroxyl groups is 1. The Morgan fingerprint density at radius 3 is 3.00 bits per heavy atom. The van der Waals surface area contributed by atoms with E-state index >= 15 is 0 Å². The minimum Gasteiger partial charge on any atom is -0.393 e. The van der Waals surface area contributed by atoms with Crippen molar-refractivity contribution in [1.29, 1.82) is 0 Å². The van der Waals surface area contributed by atoms with Crippen LogP contribution < -0.4 is 0 Å². The fourth-order valence-corrected chi connectivity index (χ4v) is 3.19.